The highest BCUT2D eigenvalue weighted by Gasteiger charge is 2.30. The van der Waals surface area contributed by atoms with E-state index < -0.39 is 10.0 Å². The van der Waals surface area contributed by atoms with Crippen LogP contribution in [0.1, 0.15) is 55.2 Å². The molecule has 33 heavy (non-hydrogen) atoms. The number of piperazine rings is 1. The van der Waals surface area contributed by atoms with E-state index in [0.29, 0.717) is 18.7 Å². The van der Waals surface area contributed by atoms with Crippen LogP contribution < -0.4 is 5.32 Å². The first-order chi connectivity index (χ1) is 15.6. The molecular formula is C25H33N3O4S. The lowest BCUT2D eigenvalue weighted by atomic mass is 9.94. The molecule has 0 radical (unpaired) electrons. The van der Waals surface area contributed by atoms with E-state index in [2.05, 4.69) is 24.4 Å². The predicted octanol–water partition coefficient (Wildman–Crippen LogP) is 3.23. The number of hydrogen-bond donors (Lipinski definition) is 1. The Morgan fingerprint density at radius 3 is 2.18 bits per heavy atom. The highest BCUT2D eigenvalue weighted by atomic mass is 32.2. The third kappa shape index (κ3) is 5.81. The predicted molar refractivity (Wildman–Crippen MR) is 128 cm³/mol. The van der Waals surface area contributed by atoms with Crippen LogP contribution in [0.5, 0.6) is 0 Å². The van der Waals surface area contributed by atoms with E-state index >= 15 is 0 Å². The summed E-state index contributed by atoms with van der Waals surface area (Å²) in [4.78, 5) is 26.3. The summed E-state index contributed by atoms with van der Waals surface area (Å²) < 4.78 is 27.7. The van der Waals surface area contributed by atoms with Gasteiger partial charge in [-0.15, -0.1) is 0 Å². The van der Waals surface area contributed by atoms with E-state index in [1.807, 2.05) is 26.0 Å². The van der Waals surface area contributed by atoms with Gasteiger partial charge >= 0.3 is 0 Å². The Morgan fingerprint density at radius 1 is 1.00 bits per heavy atom. The largest absolute Gasteiger partial charge is 0.345 e. The summed E-state index contributed by atoms with van der Waals surface area (Å²) in [7, 11) is -3.76. The zero-order valence-corrected chi connectivity index (χ0v) is 20.6. The summed E-state index contributed by atoms with van der Waals surface area (Å²) in [5, 5.41) is 3.07. The van der Waals surface area contributed by atoms with Crippen molar-refractivity contribution in [1.29, 1.82) is 0 Å². The Morgan fingerprint density at radius 2 is 1.64 bits per heavy atom. The van der Waals surface area contributed by atoms with Gasteiger partial charge in [0.2, 0.25) is 15.9 Å². The minimum absolute atomic E-state index is 0.0604. The van der Waals surface area contributed by atoms with Crippen LogP contribution in [0.15, 0.2) is 53.4 Å². The van der Waals surface area contributed by atoms with Gasteiger partial charge in [0, 0.05) is 38.7 Å². The smallest absolute Gasteiger partial charge is 0.251 e. The van der Waals surface area contributed by atoms with Crippen molar-refractivity contribution in [1.82, 2.24) is 14.5 Å². The van der Waals surface area contributed by atoms with Crippen LogP contribution in [-0.4, -0.2) is 55.6 Å². The lowest BCUT2D eigenvalue weighted by molar-refractivity contribution is -0.129. The Labute approximate surface area is 196 Å². The molecule has 1 unspecified atom stereocenters. The second kappa shape index (κ2) is 10.5. The quantitative estimate of drug-likeness (QED) is 0.672. The molecule has 7 nitrogen and oxygen atoms in total. The molecule has 1 aliphatic heterocycles. The molecule has 1 aliphatic rings. The van der Waals surface area contributed by atoms with E-state index in [9.17, 15) is 18.0 Å². The lowest BCUT2D eigenvalue weighted by Gasteiger charge is -2.33. The molecule has 0 aliphatic carbocycles. The van der Waals surface area contributed by atoms with Gasteiger partial charge in [-0.2, -0.15) is 4.31 Å². The number of nitrogens with zero attached hydrogens (tertiary/aromatic N) is 2. The van der Waals surface area contributed by atoms with Gasteiger partial charge in [-0.25, -0.2) is 8.42 Å². The topological polar surface area (TPSA) is 86.8 Å². The summed E-state index contributed by atoms with van der Waals surface area (Å²) in [6, 6.07) is 14.2. The zero-order valence-electron chi connectivity index (χ0n) is 19.7. The van der Waals surface area contributed by atoms with Gasteiger partial charge in [-0.1, -0.05) is 51.1 Å². The molecule has 8 heteroatoms. The molecule has 1 atom stereocenters. The molecule has 1 saturated heterocycles. The normalized spacial score (nSPS) is 16.0. The Kier molecular flexibility index (Phi) is 7.92. The average Bonchev–Trinajstić information content (AvgIpc) is 2.82. The van der Waals surface area contributed by atoms with E-state index in [1.165, 1.54) is 28.9 Å². The van der Waals surface area contributed by atoms with Crippen molar-refractivity contribution in [3.05, 3.63) is 65.2 Å². The molecule has 1 N–H and O–H groups in total. The number of hydrogen-bond acceptors (Lipinski definition) is 4. The number of carbonyl (C=O) groups is 2. The van der Waals surface area contributed by atoms with Crippen LogP contribution in [0.4, 0.5) is 0 Å². The minimum Gasteiger partial charge on any atom is -0.345 e. The molecule has 0 bridgehead atoms. The highest BCUT2D eigenvalue weighted by molar-refractivity contribution is 7.89. The maximum Gasteiger partial charge on any atom is 0.251 e. The van der Waals surface area contributed by atoms with E-state index in [-0.39, 0.29) is 41.8 Å². The summed E-state index contributed by atoms with van der Waals surface area (Å²) in [5.41, 5.74) is 2.55. The molecule has 3 rings (SSSR count). The number of rotatable bonds is 7. The summed E-state index contributed by atoms with van der Waals surface area (Å²) in [6.45, 7) is 8.86. The average molecular weight is 472 g/mol. The second-order valence-corrected chi connectivity index (χ2v) is 10.7. The third-order valence-electron chi connectivity index (χ3n) is 6.12. The zero-order chi connectivity index (χ0) is 24.2. The maximum atomic E-state index is 13.1. The van der Waals surface area contributed by atoms with E-state index in [0.717, 1.165) is 12.0 Å². The number of nitrogens with one attached hydrogen (secondary N) is 1. The molecule has 1 heterocycles. The first-order valence-corrected chi connectivity index (χ1v) is 12.8. The minimum atomic E-state index is -3.76. The SMILES string of the molecule is CCc1ccc(C(NC(=O)c2cccc(S(=O)(=O)N3CCN(C(C)=O)CC3)c2)C(C)C)cc1. The van der Waals surface area contributed by atoms with Crippen molar-refractivity contribution >= 4 is 21.8 Å². The number of carbonyl (C=O) groups excluding carboxylic acids is 2. The first kappa shape index (κ1) is 24.9. The van der Waals surface area contributed by atoms with Crippen molar-refractivity contribution in [3.8, 4) is 0 Å². The number of amides is 2. The molecule has 2 aromatic carbocycles. The van der Waals surface area contributed by atoms with E-state index in [4.69, 9.17) is 0 Å². The van der Waals surface area contributed by atoms with Crippen LogP contribution >= 0.6 is 0 Å². The number of aryl methyl sites for hydroxylation is 1. The van der Waals surface area contributed by atoms with Crippen molar-refractivity contribution in [3.63, 3.8) is 0 Å². The molecule has 0 spiro atoms. The van der Waals surface area contributed by atoms with Gasteiger partial charge < -0.3 is 10.2 Å². The van der Waals surface area contributed by atoms with Crippen molar-refractivity contribution < 1.29 is 18.0 Å². The molecule has 2 aromatic rings. The third-order valence-corrected chi connectivity index (χ3v) is 8.01. The van der Waals surface area contributed by atoms with Crippen LogP contribution in [0, 0.1) is 5.92 Å². The van der Waals surface area contributed by atoms with Gasteiger partial charge in [-0.05, 0) is 41.7 Å². The fraction of sp³-hybridized carbons (Fsp3) is 0.440. The first-order valence-electron chi connectivity index (χ1n) is 11.4. The summed E-state index contributed by atoms with van der Waals surface area (Å²) >= 11 is 0. The van der Waals surface area contributed by atoms with Crippen molar-refractivity contribution in [2.75, 3.05) is 26.2 Å². The van der Waals surface area contributed by atoms with Crippen molar-refractivity contribution in [2.45, 2.75) is 45.1 Å². The van der Waals surface area contributed by atoms with Gasteiger partial charge in [0.15, 0.2) is 0 Å². The molecule has 1 fully saturated rings. The van der Waals surface area contributed by atoms with Gasteiger partial charge in [0.25, 0.3) is 5.91 Å². The fourth-order valence-electron chi connectivity index (χ4n) is 4.01. The molecule has 0 aromatic heterocycles. The fourth-order valence-corrected chi connectivity index (χ4v) is 5.48. The maximum absolute atomic E-state index is 13.1. The summed E-state index contributed by atoms with van der Waals surface area (Å²) in [5.74, 6) is -0.215. The second-order valence-electron chi connectivity index (χ2n) is 8.73. The lowest BCUT2D eigenvalue weighted by Crippen LogP contribution is -2.49. The molecular weight excluding hydrogens is 438 g/mol. The molecule has 178 valence electrons. The Balaban J connectivity index is 1.77. The van der Waals surface area contributed by atoms with Gasteiger partial charge in [0.1, 0.15) is 0 Å². The monoisotopic (exact) mass is 471 g/mol. The highest BCUT2D eigenvalue weighted by Crippen LogP contribution is 2.24. The van der Waals surface area contributed by atoms with Crippen LogP contribution in [-0.2, 0) is 21.2 Å². The van der Waals surface area contributed by atoms with Gasteiger partial charge in [-0.3, -0.25) is 9.59 Å². The number of sulfonamides is 1. The Hall–Kier alpha value is -2.71. The van der Waals surface area contributed by atoms with Crippen molar-refractivity contribution in [2.24, 2.45) is 5.92 Å². The van der Waals surface area contributed by atoms with Crippen LogP contribution in [0.3, 0.4) is 0 Å². The van der Waals surface area contributed by atoms with E-state index in [1.54, 1.807) is 17.0 Å². The Bertz CT molecular complexity index is 1090. The van der Waals surface area contributed by atoms with Crippen LogP contribution in [0.25, 0.3) is 0 Å². The molecule has 0 saturated carbocycles. The van der Waals surface area contributed by atoms with Crippen LogP contribution in [0.2, 0.25) is 0 Å². The standard InChI is InChI=1S/C25H33N3O4S/c1-5-20-9-11-21(12-10-20)24(18(2)3)26-25(30)22-7-6-8-23(17-22)33(31,32)28-15-13-27(14-16-28)19(4)29/h6-12,17-18,24H,5,13-16H2,1-4H3,(H,26,30). The van der Waals surface area contributed by atoms with Gasteiger partial charge in [0.05, 0.1) is 10.9 Å². The number of benzene rings is 2. The summed E-state index contributed by atoms with van der Waals surface area (Å²) in [6.07, 6.45) is 0.948. The molecule has 2 amide bonds.